The van der Waals surface area contributed by atoms with Crippen LogP contribution in [0.4, 0.5) is 11.4 Å². The van der Waals surface area contributed by atoms with Crippen LogP contribution in [0.25, 0.3) is 10.1 Å². The molecule has 0 atom stereocenters. The number of hydrogen-bond donors (Lipinski definition) is 2. The minimum Gasteiger partial charge on any atom is -0.462 e. The summed E-state index contributed by atoms with van der Waals surface area (Å²) in [6, 6.07) is 12.5. The second kappa shape index (κ2) is 7.65. The molecule has 6 nitrogen and oxygen atoms in total. The van der Waals surface area contributed by atoms with E-state index in [2.05, 4.69) is 10.6 Å². The molecule has 28 heavy (non-hydrogen) atoms. The van der Waals surface area contributed by atoms with Gasteiger partial charge in [0, 0.05) is 20.8 Å². The van der Waals surface area contributed by atoms with Gasteiger partial charge in [0.05, 0.1) is 18.0 Å². The van der Waals surface area contributed by atoms with Crippen LogP contribution in [-0.4, -0.2) is 30.1 Å². The highest BCUT2D eigenvalue weighted by atomic mass is 32.2. The van der Waals surface area contributed by atoms with E-state index in [4.69, 9.17) is 4.74 Å². The molecule has 0 saturated carbocycles. The summed E-state index contributed by atoms with van der Waals surface area (Å²) in [6.45, 7) is 2.10. The maximum atomic E-state index is 12.6. The van der Waals surface area contributed by atoms with Crippen LogP contribution in [-0.2, 0) is 9.53 Å². The molecular weight excluding hydrogens is 396 g/mol. The molecule has 3 aromatic rings. The first kappa shape index (κ1) is 18.5. The van der Waals surface area contributed by atoms with Crippen LogP contribution in [0.2, 0.25) is 0 Å². The predicted octanol–water partition coefficient (Wildman–Crippen LogP) is 4.37. The van der Waals surface area contributed by atoms with Gasteiger partial charge in [-0.15, -0.1) is 23.1 Å². The zero-order valence-corrected chi connectivity index (χ0v) is 16.5. The Hall–Kier alpha value is -2.84. The summed E-state index contributed by atoms with van der Waals surface area (Å²) in [5.41, 5.74) is 1.74. The third-order valence-corrected chi connectivity index (χ3v) is 6.30. The summed E-state index contributed by atoms with van der Waals surface area (Å²) in [5.74, 6) is -0.307. The average molecular weight is 412 g/mol. The zero-order chi connectivity index (χ0) is 19.7. The van der Waals surface area contributed by atoms with Crippen LogP contribution in [0.3, 0.4) is 0 Å². The first-order valence-corrected chi connectivity index (χ1v) is 10.4. The van der Waals surface area contributed by atoms with Gasteiger partial charge in [-0.1, -0.05) is 0 Å². The van der Waals surface area contributed by atoms with Crippen molar-refractivity contribution in [1.82, 2.24) is 0 Å². The lowest BCUT2D eigenvalue weighted by atomic mass is 10.1. The first-order valence-electron chi connectivity index (χ1n) is 8.62. The molecule has 1 aromatic heterocycles. The van der Waals surface area contributed by atoms with Crippen molar-refractivity contribution in [2.45, 2.75) is 11.8 Å². The molecule has 2 aromatic carbocycles. The van der Waals surface area contributed by atoms with Crippen molar-refractivity contribution < 1.29 is 19.1 Å². The van der Waals surface area contributed by atoms with E-state index in [1.807, 2.05) is 18.2 Å². The molecule has 0 saturated heterocycles. The van der Waals surface area contributed by atoms with Gasteiger partial charge in [-0.05, 0) is 54.8 Å². The highest BCUT2D eigenvalue weighted by molar-refractivity contribution is 8.00. The van der Waals surface area contributed by atoms with E-state index in [0.717, 1.165) is 15.0 Å². The Morgan fingerprint density at radius 3 is 2.86 bits per heavy atom. The van der Waals surface area contributed by atoms with E-state index in [-0.39, 0.29) is 17.8 Å². The molecular formula is C20H16N2O4S2. The first-order chi connectivity index (χ1) is 13.5. The largest absolute Gasteiger partial charge is 0.462 e. The van der Waals surface area contributed by atoms with Crippen molar-refractivity contribution in [2.24, 2.45) is 0 Å². The Bertz CT molecular complexity index is 1110. The number of nitrogens with one attached hydrogen (secondary N) is 2. The lowest BCUT2D eigenvalue weighted by Crippen LogP contribution is -2.19. The van der Waals surface area contributed by atoms with E-state index in [0.29, 0.717) is 34.2 Å². The summed E-state index contributed by atoms with van der Waals surface area (Å²) < 4.78 is 5.97. The van der Waals surface area contributed by atoms with Gasteiger partial charge < -0.3 is 15.4 Å². The smallest absolute Gasteiger partial charge is 0.348 e. The quantitative estimate of drug-likeness (QED) is 0.622. The minimum atomic E-state index is -0.344. The molecule has 0 unspecified atom stereocenters. The van der Waals surface area contributed by atoms with E-state index in [9.17, 15) is 14.4 Å². The number of rotatable bonds is 4. The van der Waals surface area contributed by atoms with Crippen molar-refractivity contribution in [2.75, 3.05) is 23.0 Å². The third kappa shape index (κ3) is 3.74. The summed E-state index contributed by atoms with van der Waals surface area (Å²) in [7, 11) is 0. The number of benzene rings is 2. The molecule has 0 aliphatic carbocycles. The fourth-order valence-corrected chi connectivity index (χ4v) is 4.58. The minimum absolute atomic E-state index is 0.0737. The summed E-state index contributed by atoms with van der Waals surface area (Å²) in [5, 5.41) is 6.51. The SMILES string of the molecule is CCOC(=O)c1cc2cc(NC(=O)c3ccc4c(c3)NC(=O)CS4)ccc2s1. The summed E-state index contributed by atoms with van der Waals surface area (Å²) in [4.78, 5) is 37.5. The second-order valence-corrected chi connectivity index (χ2v) is 8.19. The number of thiophene rings is 1. The highest BCUT2D eigenvalue weighted by Gasteiger charge is 2.18. The maximum Gasteiger partial charge on any atom is 0.348 e. The number of hydrogen-bond acceptors (Lipinski definition) is 6. The lowest BCUT2D eigenvalue weighted by molar-refractivity contribution is -0.113. The number of anilines is 2. The van der Waals surface area contributed by atoms with Crippen molar-refractivity contribution in [3.8, 4) is 0 Å². The van der Waals surface area contributed by atoms with Gasteiger partial charge in [0.1, 0.15) is 4.88 Å². The van der Waals surface area contributed by atoms with Gasteiger partial charge in [0.15, 0.2) is 0 Å². The molecule has 1 aliphatic rings. The highest BCUT2D eigenvalue weighted by Crippen LogP contribution is 2.32. The molecule has 2 amide bonds. The Balaban J connectivity index is 1.54. The van der Waals surface area contributed by atoms with Crippen LogP contribution in [0.1, 0.15) is 27.0 Å². The van der Waals surface area contributed by atoms with Gasteiger partial charge in [-0.2, -0.15) is 0 Å². The zero-order valence-electron chi connectivity index (χ0n) is 14.9. The number of esters is 1. The van der Waals surface area contributed by atoms with Crippen LogP contribution >= 0.6 is 23.1 Å². The Morgan fingerprint density at radius 1 is 1.18 bits per heavy atom. The summed E-state index contributed by atoms with van der Waals surface area (Å²) in [6.07, 6.45) is 0. The summed E-state index contributed by atoms with van der Waals surface area (Å²) >= 11 is 2.81. The standard InChI is InChI=1S/C20H16N2O4S2/c1-2-26-20(25)17-9-12-7-13(4-6-15(12)28-17)21-19(24)11-3-5-16-14(8-11)22-18(23)10-27-16/h3-9H,2,10H2,1H3,(H,21,24)(H,22,23). The van der Waals surface area contributed by atoms with Gasteiger partial charge >= 0.3 is 5.97 Å². The van der Waals surface area contributed by atoms with E-state index in [1.54, 1.807) is 31.2 Å². The number of carbonyl (C=O) groups is 3. The second-order valence-electron chi connectivity index (χ2n) is 6.09. The van der Waals surface area contributed by atoms with Crippen molar-refractivity contribution in [1.29, 1.82) is 0 Å². The fraction of sp³-hybridized carbons (Fsp3) is 0.150. The van der Waals surface area contributed by atoms with Gasteiger partial charge in [-0.25, -0.2) is 4.79 Å². The predicted molar refractivity (Wildman–Crippen MR) is 112 cm³/mol. The van der Waals surface area contributed by atoms with Crippen LogP contribution in [0.5, 0.6) is 0 Å². The topological polar surface area (TPSA) is 84.5 Å². The fourth-order valence-electron chi connectivity index (χ4n) is 2.85. The Morgan fingerprint density at radius 2 is 2.04 bits per heavy atom. The van der Waals surface area contributed by atoms with Crippen LogP contribution < -0.4 is 10.6 Å². The molecule has 2 N–H and O–H groups in total. The third-order valence-electron chi connectivity index (χ3n) is 4.13. The molecule has 8 heteroatoms. The van der Waals surface area contributed by atoms with Gasteiger partial charge in [0.2, 0.25) is 5.91 Å². The van der Waals surface area contributed by atoms with Crippen LogP contribution in [0, 0.1) is 0 Å². The lowest BCUT2D eigenvalue weighted by Gasteiger charge is -2.17. The molecule has 1 aliphatic heterocycles. The monoisotopic (exact) mass is 412 g/mol. The maximum absolute atomic E-state index is 12.6. The Labute approximate surface area is 169 Å². The molecule has 142 valence electrons. The van der Waals surface area contributed by atoms with Crippen molar-refractivity contribution >= 4 is 62.3 Å². The average Bonchev–Trinajstić information content (AvgIpc) is 3.11. The van der Waals surface area contributed by atoms with Crippen LogP contribution in [0.15, 0.2) is 47.4 Å². The molecule has 0 radical (unpaired) electrons. The van der Waals surface area contributed by atoms with Gasteiger partial charge in [-0.3, -0.25) is 9.59 Å². The number of thioether (sulfide) groups is 1. The molecule has 0 fully saturated rings. The number of ether oxygens (including phenoxy) is 1. The van der Waals surface area contributed by atoms with E-state index >= 15 is 0 Å². The molecule has 2 heterocycles. The van der Waals surface area contributed by atoms with E-state index < -0.39 is 0 Å². The molecule has 0 spiro atoms. The number of amides is 2. The Kier molecular flexibility index (Phi) is 5.06. The molecule has 0 bridgehead atoms. The molecule has 4 rings (SSSR count). The van der Waals surface area contributed by atoms with Crippen molar-refractivity contribution in [3.63, 3.8) is 0 Å². The van der Waals surface area contributed by atoms with Crippen molar-refractivity contribution in [3.05, 3.63) is 52.9 Å². The van der Waals surface area contributed by atoms with E-state index in [1.165, 1.54) is 23.1 Å². The number of carbonyl (C=O) groups excluding carboxylic acids is 3. The normalized spacial score (nSPS) is 13.0. The van der Waals surface area contributed by atoms with Gasteiger partial charge in [0.25, 0.3) is 5.91 Å². The number of fused-ring (bicyclic) bond motifs is 2.